The van der Waals surface area contributed by atoms with Crippen LogP contribution < -0.4 is 15.5 Å². The Balaban J connectivity index is 1.24. The van der Waals surface area contributed by atoms with Crippen LogP contribution in [0.4, 0.5) is 11.8 Å². The molecule has 0 aliphatic heterocycles. The van der Waals surface area contributed by atoms with E-state index in [9.17, 15) is 4.79 Å². The molecule has 0 spiro atoms. The summed E-state index contributed by atoms with van der Waals surface area (Å²) in [6.45, 7) is 2.02. The van der Waals surface area contributed by atoms with Crippen molar-refractivity contribution >= 4 is 29.3 Å². The molecule has 2 unspecified atom stereocenters. The Morgan fingerprint density at radius 2 is 1.77 bits per heavy atom. The summed E-state index contributed by atoms with van der Waals surface area (Å²) in [7, 11) is 3.98. The van der Waals surface area contributed by atoms with Gasteiger partial charge in [0, 0.05) is 48.9 Å². The first kappa shape index (κ1) is 20.9. The summed E-state index contributed by atoms with van der Waals surface area (Å²) in [5.74, 6) is 2.26. The summed E-state index contributed by atoms with van der Waals surface area (Å²) in [5, 5.41) is 7.49. The van der Waals surface area contributed by atoms with Crippen LogP contribution in [-0.2, 0) is 4.79 Å². The highest BCUT2D eigenvalue weighted by Crippen LogP contribution is 2.47. The van der Waals surface area contributed by atoms with Crippen LogP contribution in [0, 0.1) is 12.8 Å². The van der Waals surface area contributed by atoms with Gasteiger partial charge in [0.15, 0.2) is 0 Å². The van der Waals surface area contributed by atoms with E-state index in [1.54, 1.807) is 0 Å². The van der Waals surface area contributed by atoms with Crippen molar-refractivity contribution in [3.8, 4) is 0 Å². The topological polar surface area (TPSA) is 70.1 Å². The van der Waals surface area contributed by atoms with Gasteiger partial charge in [0.1, 0.15) is 5.82 Å². The van der Waals surface area contributed by atoms with Crippen molar-refractivity contribution in [1.29, 1.82) is 0 Å². The number of anilines is 2. The van der Waals surface area contributed by atoms with E-state index in [0.29, 0.717) is 17.9 Å². The summed E-state index contributed by atoms with van der Waals surface area (Å²) in [5.41, 5.74) is 2.27. The third-order valence-electron chi connectivity index (χ3n) is 6.20. The number of benzene rings is 1. The fourth-order valence-corrected chi connectivity index (χ4v) is 4.52. The maximum absolute atomic E-state index is 12.7. The molecule has 0 saturated heterocycles. The van der Waals surface area contributed by atoms with Crippen molar-refractivity contribution in [2.24, 2.45) is 5.92 Å². The molecular weight excluding hydrogens is 398 g/mol. The standard InChI is InChI=1S/C23H30ClN5O/c1-14-13-25-23(28-21(14)29(2)3)27-18-10-8-17(9-11-18)26-22(30)20-12-19(20)15-4-6-16(24)7-5-15/h4-7,13,17-20H,8-12H2,1-3H3,(H,26,30)(H,25,27,28). The zero-order valence-electron chi connectivity index (χ0n) is 17.9. The maximum atomic E-state index is 12.7. The van der Waals surface area contributed by atoms with Gasteiger partial charge >= 0.3 is 0 Å². The molecule has 2 aliphatic rings. The number of halogens is 1. The van der Waals surface area contributed by atoms with Crippen LogP contribution in [0.15, 0.2) is 30.5 Å². The van der Waals surface area contributed by atoms with Gasteiger partial charge in [-0.2, -0.15) is 4.98 Å². The molecule has 160 valence electrons. The number of rotatable bonds is 6. The van der Waals surface area contributed by atoms with E-state index in [2.05, 4.69) is 20.6 Å². The van der Waals surface area contributed by atoms with Crippen LogP contribution in [0.2, 0.25) is 5.02 Å². The summed E-state index contributed by atoms with van der Waals surface area (Å²) in [6, 6.07) is 8.48. The number of aryl methyl sites for hydroxylation is 1. The highest BCUT2D eigenvalue weighted by atomic mass is 35.5. The number of nitrogens with zero attached hydrogens (tertiary/aromatic N) is 3. The summed E-state index contributed by atoms with van der Waals surface area (Å²) in [4.78, 5) is 23.7. The van der Waals surface area contributed by atoms with Gasteiger partial charge in [0.05, 0.1) is 0 Å². The highest BCUT2D eigenvalue weighted by molar-refractivity contribution is 6.30. The van der Waals surface area contributed by atoms with E-state index < -0.39 is 0 Å². The third kappa shape index (κ3) is 4.86. The minimum Gasteiger partial charge on any atom is -0.362 e. The molecule has 2 fully saturated rings. The quantitative estimate of drug-likeness (QED) is 0.724. The first-order valence-corrected chi connectivity index (χ1v) is 11.1. The molecule has 2 aromatic rings. The lowest BCUT2D eigenvalue weighted by Gasteiger charge is -2.30. The second-order valence-electron chi connectivity index (χ2n) is 8.80. The van der Waals surface area contributed by atoms with E-state index in [1.807, 2.05) is 56.4 Å². The number of carbonyl (C=O) groups is 1. The van der Waals surface area contributed by atoms with Gasteiger partial charge in [0.2, 0.25) is 11.9 Å². The summed E-state index contributed by atoms with van der Waals surface area (Å²) in [6.07, 6.45) is 6.77. The first-order valence-electron chi connectivity index (χ1n) is 10.7. The SMILES string of the molecule is Cc1cnc(NC2CCC(NC(=O)C3CC3c3ccc(Cl)cc3)CC2)nc1N(C)C. The summed E-state index contributed by atoms with van der Waals surface area (Å²) >= 11 is 5.96. The predicted molar refractivity (Wildman–Crippen MR) is 121 cm³/mol. The van der Waals surface area contributed by atoms with Crippen LogP contribution in [-0.4, -0.2) is 42.1 Å². The molecule has 1 heterocycles. The molecular formula is C23H30ClN5O. The first-order chi connectivity index (χ1) is 14.4. The van der Waals surface area contributed by atoms with Crippen LogP contribution in [0.3, 0.4) is 0 Å². The van der Waals surface area contributed by atoms with Gasteiger partial charge in [-0.15, -0.1) is 0 Å². The lowest BCUT2D eigenvalue weighted by molar-refractivity contribution is -0.123. The molecule has 6 nitrogen and oxygen atoms in total. The van der Waals surface area contributed by atoms with Crippen molar-refractivity contribution in [2.75, 3.05) is 24.3 Å². The van der Waals surface area contributed by atoms with Crippen LogP contribution in [0.5, 0.6) is 0 Å². The normalized spacial score (nSPS) is 25.5. The van der Waals surface area contributed by atoms with Gasteiger partial charge in [-0.25, -0.2) is 4.98 Å². The lowest BCUT2D eigenvalue weighted by Crippen LogP contribution is -2.41. The van der Waals surface area contributed by atoms with Crippen molar-refractivity contribution < 1.29 is 4.79 Å². The molecule has 1 aromatic carbocycles. The van der Waals surface area contributed by atoms with Gasteiger partial charge in [0.25, 0.3) is 0 Å². The third-order valence-corrected chi connectivity index (χ3v) is 6.45. The van der Waals surface area contributed by atoms with E-state index in [4.69, 9.17) is 11.6 Å². The smallest absolute Gasteiger partial charge is 0.224 e. The predicted octanol–water partition coefficient (Wildman–Crippen LogP) is 4.15. The van der Waals surface area contributed by atoms with E-state index in [-0.39, 0.29) is 17.9 Å². The van der Waals surface area contributed by atoms with Gasteiger partial charge in [-0.3, -0.25) is 4.79 Å². The van der Waals surface area contributed by atoms with E-state index in [0.717, 1.165) is 48.5 Å². The molecule has 2 atom stereocenters. The molecule has 0 bridgehead atoms. The Hall–Kier alpha value is -2.34. The highest BCUT2D eigenvalue weighted by Gasteiger charge is 2.44. The van der Waals surface area contributed by atoms with Crippen molar-refractivity contribution in [3.63, 3.8) is 0 Å². The van der Waals surface area contributed by atoms with Crippen LogP contribution >= 0.6 is 11.6 Å². The minimum atomic E-state index is 0.104. The molecule has 2 saturated carbocycles. The largest absolute Gasteiger partial charge is 0.362 e. The number of amides is 1. The average molecular weight is 428 g/mol. The number of hydrogen-bond acceptors (Lipinski definition) is 5. The fraction of sp³-hybridized carbons (Fsp3) is 0.522. The molecule has 1 aromatic heterocycles. The monoisotopic (exact) mass is 427 g/mol. The number of carbonyl (C=O) groups excluding carboxylic acids is 1. The average Bonchev–Trinajstić information content (AvgIpc) is 3.52. The Bertz CT molecular complexity index is 893. The minimum absolute atomic E-state index is 0.104. The Morgan fingerprint density at radius 3 is 2.43 bits per heavy atom. The van der Waals surface area contributed by atoms with Gasteiger partial charge < -0.3 is 15.5 Å². The number of aromatic nitrogens is 2. The molecule has 2 N–H and O–H groups in total. The fourth-order valence-electron chi connectivity index (χ4n) is 4.39. The van der Waals surface area contributed by atoms with Crippen molar-refractivity contribution in [2.45, 2.75) is 57.0 Å². The van der Waals surface area contributed by atoms with Gasteiger partial charge in [-0.05, 0) is 62.6 Å². The Labute approximate surface area is 183 Å². The molecule has 4 rings (SSSR count). The zero-order chi connectivity index (χ0) is 21.3. The molecule has 1 amide bonds. The van der Waals surface area contributed by atoms with Crippen molar-refractivity contribution in [3.05, 3.63) is 46.6 Å². The second kappa shape index (κ2) is 8.80. The van der Waals surface area contributed by atoms with Crippen molar-refractivity contribution in [1.82, 2.24) is 15.3 Å². The molecule has 0 radical (unpaired) electrons. The summed E-state index contributed by atoms with van der Waals surface area (Å²) < 4.78 is 0. The second-order valence-corrected chi connectivity index (χ2v) is 9.23. The lowest BCUT2D eigenvalue weighted by atomic mass is 9.91. The maximum Gasteiger partial charge on any atom is 0.224 e. The molecule has 30 heavy (non-hydrogen) atoms. The molecule has 7 heteroatoms. The van der Waals surface area contributed by atoms with Crippen LogP contribution in [0.25, 0.3) is 0 Å². The van der Waals surface area contributed by atoms with E-state index in [1.165, 1.54) is 5.56 Å². The Kier molecular flexibility index (Phi) is 6.14. The number of nitrogens with one attached hydrogen (secondary N) is 2. The number of hydrogen-bond donors (Lipinski definition) is 2. The van der Waals surface area contributed by atoms with E-state index >= 15 is 0 Å². The molecule has 2 aliphatic carbocycles. The Morgan fingerprint density at radius 1 is 1.10 bits per heavy atom. The van der Waals surface area contributed by atoms with Gasteiger partial charge in [-0.1, -0.05) is 23.7 Å². The zero-order valence-corrected chi connectivity index (χ0v) is 18.6. The van der Waals surface area contributed by atoms with Crippen LogP contribution in [0.1, 0.15) is 49.1 Å².